The van der Waals surface area contributed by atoms with E-state index in [1.165, 1.54) is 0 Å². The molecule has 2 amide bonds. The second-order valence-corrected chi connectivity index (χ2v) is 7.62. The number of hydrogen-bond donors (Lipinski definition) is 0. The first kappa shape index (κ1) is 17.1. The van der Waals surface area contributed by atoms with Crippen molar-refractivity contribution in [3.8, 4) is 0 Å². The fraction of sp³-hybridized carbons (Fsp3) is 0.588. The van der Waals surface area contributed by atoms with Crippen LogP contribution in [0.1, 0.15) is 23.2 Å². The van der Waals surface area contributed by atoms with Gasteiger partial charge in [0.25, 0.3) is 5.91 Å². The van der Waals surface area contributed by atoms with Gasteiger partial charge < -0.3 is 14.7 Å². The second-order valence-electron chi connectivity index (χ2n) is 6.39. The van der Waals surface area contributed by atoms with Gasteiger partial charge >= 0.3 is 0 Å². The van der Waals surface area contributed by atoms with Gasteiger partial charge in [0.15, 0.2) is 0 Å². The number of nitrogens with zero attached hydrogens (tertiary/aromatic N) is 4. The monoisotopic (exact) mass is 348 g/mol. The van der Waals surface area contributed by atoms with Crippen LogP contribution in [0.2, 0.25) is 0 Å². The van der Waals surface area contributed by atoms with E-state index in [-0.39, 0.29) is 17.9 Å². The van der Waals surface area contributed by atoms with Crippen LogP contribution in [-0.2, 0) is 4.79 Å². The molecule has 1 atom stereocenters. The molecule has 0 N–H and O–H groups in total. The third-order valence-corrected chi connectivity index (χ3v) is 5.51. The molecule has 24 heavy (non-hydrogen) atoms. The molecule has 0 saturated carbocycles. The van der Waals surface area contributed by atoms with Crippen molar-refractivity contribution in [3.63, 3.8) is 0 Å². The average molecular weight is 348 g/mol. The molecular formula is C17H24N4O2S. The first-order chi connectivity index (χ1) is 11.6. The summed E-state index contributed by atoms with van der Waals surface area (Å²) < 4.78 is 0. The molecule has 0 bridgehead atoms. The maximum Gasteiger partial charge on any atom is 0.254 e. The Bertz CT molecular complexity index is 616. The zero-order chi connectivity index (χ0) is 17.1. The van der Waals surface area contributed by atoms with Crippen molar-refractivity contribution < 1.29 is 9.59 Å². The number of likely N-dealkylation sites (tertiary alicyclic amines) is 1. The molecule has 1 aromatic rings. The number of pyridine rings is 1. The Hall–Kier alpha value is -1.76. The van der Waals surface area contributed by atoms with E-state index in [0.717, 1.165) is 43.3 Å². The van der Waals surface area contributed by atoms with Crippen molar-refractivity contribution >= 4 is 29.4 Å². The standard InChI is InChI=1S/C17H24N4O2S/c1-19(2)15-12-13(5-6-18-15)16(22)21-7-3-4-14(21)17(23)20-8-10-24-11-9-20/h5-6,12,14H,3-4,7-11H2,1-2H3/t14-/m1/s1. The van der Waals surface area contributed by atoms with Gasteiger partial charge in [0, 0.05) is 57.0 Å². The number of amides is 2. The fourth-order valence-corrected chi connectivity index (χ4v) is 4.13. The van der Waals surface area contributed by atoms with Crippen molar-refractivity contribution in [2.75, 3.05) is 50.1 Å². The highest BCUT2D eigenvalue weighted by Crippen LogP contribution is 2.24. The topological polar surface area (TPSA) is 56.8 Å². The smallest absolute Gasteiger partial charge is 0.254 e. The van der Waals surface area contributed by atoms with Crippen molar-refractivity contribution in [1.29, 1.82) is 0 Å². The van der Waals surface area contributed by atoms with Crippen LogP contribution in [0.5, 0.6) is 0 Å². The van der Waals surface area contributed by atoms with Crippen LogP contribution in [0.3, 0.4) is 0 Å². The summed E-state index contributed by atoms with van der Waals surface area (Å²) in [7, 11) is 3.79. The minimum Gasteiger partial charge on any atom is -0.363 e. The van der Waals surface area contributed by atoms with Crippen LogP contribution >= 0.6 is 11.8 Å². The number of rotatable bonds is 3. The number of thioether (sulfide) groups is 1. The number of aromatic nitrogens is 1. The first-order valence-corrected chi connectivity index (χ1v) is 9.54. The molecule has 0 unspecified atom stereocenters. The predicted octanol–water partition coefficient (Wildman–Crippen LogP) is 1.33. The summed E-state index contributed by atoms with van der Waals surface area (Å²) in [5.41, 5.74) is 0.600. The van der Waals surface area contributed by atoms with E-state index in [2.05, 4.69) is 4.98 Å². The highest BCUT2D eigenvalue weighted by atomic mass is 32.2. The molecule has 130 valence electrons. The van der Waals surface area contributed by atoms with Crippen LogP contribution in [0.25, 0.3) is 0 Å². The predicted molar refractivity (Wildman–Crippen MR) is 96.5 cm³/mol. The summed E-state index contributed by atoms with van der Waals surface area (Å²) in [4.78, 5) is 35.5. The Morgan fingerprint density at radius 2 is 2.00 bits per heavy atom. The molecule has 6 nitrogen and oxygen atoms in total. The summed E-state index contributed by atoms with van der Waals surface area (Å²) in [5, 5.41) is 0. The molecule has 2 saturated heterocycles. The molecule has 0 aliphatic carbocycles. The summed E-state index contributed by atoms with van der Waals surface area (Å²) >= 11 is 1.88. The van der Waals surface area contributed by atoms with Crippen LogP contribution in [0.4, 0.5) is 5.82 Å². The van der Waals surface area contributed by atoms with Crippen molar-refractivity contribution in [3.05, 3.63) is 23.9 Å². The maximum absolute atomic E-state index is 12.9. The molecular weight excluding hydrogens is 324 g/mol. The summed E-state index contributed by atoms with van der Waals surface area (Å²) in [6, 6.07) is 3.21. The van der Waals surface area contributed by atoms with Crippen molar-refractivity contribution in [2.24, 2.45) is 0 Å². The Kier molecular flexibility index (Phi) is 5.28. The van der Waals surface area contributed by atoms with Gasteiger partial charge in [-0.05, 0) is 25.0 Å². The van der Waals surface area contributed by atoms with Gasteiger partial charge in [-0.15, -0.1) is 0 Å². The van der Waals surface area contributed by atoms with E-state index < -0.39 is 0 Å². The average Bonchev–Trinajstić information content (AvgIpc) is 3.11. The lowest BCUT2D eigenvalue weighted by molar-refractivity contribution is -0.134. The Balaban J connectivity index is 1.76. The highest BCUT2D eigenvalue weighted by molar-refractivity contribution is 7.99. The summed E-state index contributed by atoms with van der Waals surface area (Å²) in [6.45, 7) is 2.24. The minimum atomic E-state index is -0.309. The quantitative estimate of drug-likeness (QED) is 0.825. The molecule has 3 rings (SSSR count). The zero-order valence-corrected chi connectivity index (χ0v) is 15.1. The van der Waals surface area contributed by atoms with Crippen LogP contribution < -0.4 is 4.90 Å². The van der Waals surface area contributed by atoms with Crippen LogP contribution in [0.15, 0.2) is 18.3 Å². The second kappa shape index (κ2) is 7.42. The van der Waals surface area contributed by atoms with Gasteiger partial charge in [-0.2, -0.15) is 11.8 Å². The minimum absolute atomic E-state index is 0.0669. The van der Waals surface area contributed by atoms with E-state index in [1.807, 2.05) is 35.7 Å². The van der Waals surface area contributed by atoms with E-state index >= 15 is 0 Å². The van der Waals surface area contributed by atoms with E-state index in [0.29, 0.717) is 12.1 Å². The van der Waals surface area contributed by atoms with Gasteiger partial charge in [0.1, 0.15) is 11.9 Å². The third kappa shape index (κ3) is 3.50. The van der Waals surface area contributed by atoms with Crippen LogP contribution in [-0.4, -0.2) is 77.9 Å². The molecule has 3 heterocycles. The number of carbonyl (C=O) groups is 2. The zero-order valence-electron chi connectivity index (χ0n) is 14.3. The molecule has 0 spiro atoms. The molecule has 0 radical (unpaired) electrons. The van der Waals surface area contributed by atoms with Gasteiger partial charge in [-0.1, -0.05) is 0 Å². The fourth-order valence-electron chi connectivity index (χ4n) is 3.22. The van der Waals surface area contributed by atoms with Crippen LogP contribution in [0, 0.1) is 0 Å². The number of carbonyl (C=O) groups excluding carboxylic acids is 2. The Morgan fingerprint density at radius 1 is 1.25 bits per heavy atom. The van der Waals surface area contributed by atoms with E-state index in [1.54, 1.807) is 23.2 Å². The third-order valence-electron chi connectivity index (χ3n) is 4.57. The Morgan fingerprint density at radius 3 is 2.71 bits per heavy atom. The normalized spacial score (nSPS) is 21.0. The van der Waals surface area contributed by atoms with Gasteiger partial charge in [0.05, 0.1) is 0 Å². The molecule has 0 aromatic carbocycles. The molecule has 2 aliphatic rings. The van der Waals surface area contributed by atoms with Gasteiger partial charge in [-0.3, -0.25) is 9.59 Å². The SMILES string of the molecule is CN(C)c1cc(C(=O)N2CCC[C@@H]2C(=O)N2CCSCC2)ccn1. The molecule has 2 fully saturated rings. The lowest BCUT2D eigenvalue weighted by Gasteiger charge is -2.32. The highest BCUT2D eigenvalue weighted by Gasteiger charge is 2.37. The maximum atomic E-state index is 12.9. The lowest BCUT2D eigenvalue weighted by Crippen LogP contribution is -2.50. The number of hydrogen-bond acceptors (Lipinski definition) is 5. The van der Waals surface area contributed by atoms with Crippen molar-refractivity contribution in [2.45, 2.75) is 18.9 Å². The van der Waals surface area contributed by atoms with E-state index in [4.69, 9.17) is 0 Å². The molecule has 7 heteroatoms. The van der Waals surface area contributed by atoms with E-state index in [9.17, 15) is 9.59 Å². The van der Waals surface area contributed by atoms with Gasteiger partial charge in [0.2, 0.25) is 5.91 Å². The largest absolute Gasteiger partial charge is 0.363 e. The van der Waals surface area contributed by atoms with Crippen molar-refractivity contribution in [1.82, 2.24) is 14.8 Å². The summed E-state index contributed by atoms with van der Waals surface area (Å²) in [6.07, 6.45) is 3.30. The summed E-state index contributed by atoms with van der Waals surface area (Å²) in [5.74, 6) is 2.77. The Labute approximate surface area is 147 Å². The van der Waals surface area contributed by atoms with Gasteiger partial charge in [-0.25, -0.2) is 4.98 Å². The molecule has 2 aliphatic heterocycles. The first-order valence-electron chi connectivity index (χ1n) is 8.39. The number of anilines is 1. The lowest BCUT2D eigenvalue weighted by atomic mass is 10.1. The molecule has 1 aromatic heterocycles.